The fourth-order valence-corrected chi connectivity index (χ4v) is 2.23. The van der Waals surface area contributed by atoms with E-state index in [-0.39, 0.29) is 6.04 Å². The van der Waals surface area contributed by atoms with E-state index < -0.39 is 0 Å². The molecule has 20 heavy (non-hydrogen) atoms. The van der Waals surface area contributed by atoms with E-state index >= 15 is 0 Å². The summed E-state index contributed by atoms with van der Waals surface area (Å²) in [7, 11) is 1.60. The van der Waals surface area contributed by atoms with E-state index in [1.807, 2.05) is 18.2 Å². The highest BCUT2D eigenvalue weighted by Crippen LogP contribution is 2.26. The molecule has 106 valence electrons. The lowest BCUT2D eigenvalue weighted by molar-refractivity contribution is 0.410. The predicted octanol–water partition coefficient (Wildman–Crippen LogP) is 3.14. The summed E-state index contributed by atoms with van der Waals surface area (Å²) in [4.78, 5) is 4.13. The topological polar surface area (TPSA) is 60.2 Å². The summed E-state index contributed by atoms with van der Waals surface area (Å²) in [6, 6.07) is 7.34. The van der Waals surface area contributed by atoms with Crippen LogP contribution < -0.4 is 16.0 Å². The Kier molecular flexibility index (Phi) is 5.20. The Morgan fingerprint density at radius 2 is 2.05 bits per heavy atom. The van der Waals surface area contributed by atoms with Gasteiger partial charge in [-0.05, 0) is 35.7 Å². The zero-order chi connectivity index (χ0) is 14.5. The Labute approximate surface area is 127 Å². The van der Waals surface area contributed by atoms with Crippen LogP contribution in [-0.2, 0) is 6.42 Å². The second-order valence-electron chi connectivity index (χ2n) is 4.33. The third kappa shape index (κ3) is 3.61. The molecule has 0 bridgehead atoms. The number of aromatic nitrogens is 1. The molecule has 1 aromatic carbocycles. The van der Waals surface area contributed by atoms with Crippen LogP contribution in [0.15, 0.2) is 36.7 Å². The third-order valence-corrected chi connectivity index (χ3v) is 3.74. The molecule has 2 rings (SSSR count). The highest BCUT2D eigenvalue weighted by atomic mass is 35.5. The Morgan fingerprint density at radius 1 is 1.25 bits per heavy atom. The zero-order valence-corrected chi connectivity index (χ0v) is 12.4. The molecular formula is C14H15Cl2N3O. The zero-order valence-electron chi connectivity index (χ0n) is 10.9. The van der Waals surface area contributed by atoms with Crippen LogP contribution >= 0.6 is 23.2 Å². The number of nitrogens with two attached hydrogens (primary N) is 1. The number of benzene rings is 1. The van der Waals surface area contributed by atoms with Gasteiger partial charge in [0.25, 0.3) is 0 Å². The minimum atomic E-state index is -0.0881. The molecule has 0 amide bonds. The minimum absolute atomic E-state index is 0.0881. The summed E-state index contributed by atoms with van der Waals surface area (Å²) >= 11 is 11.9. The van der Waals surface area contributed by atoms with Crippen molar-refractivity contribution in [3.05, 3.63) is 57.8 Å². The van der Waals surface area contributed by atoms with Gasteiger partial charge in [-0.25, -0.2) is 0 Å². The number of hydrogen-bond acceptors (Lipinski definition) is 4. The molecule has 0 aliphatic heterocycles. The quantitative estimate of drug-likeness (QED) is 0.658. The van der Waals surface area contributed by atoms with Crippen LogP contribution in [0.2, 0.25) is 10.0 Å². The van der Waals surface area contributed by atoms with Crippen molar-refractivity contribution in [1.29, 1.82) is 0 Å². The van der Waals surface area contributed by atoms with Crippen LogP contribution in [0.25, 0.3) is 0 Å². The highest BCUT2D eigenvalue weighted by molar-refractivity contribution is 6.42. The number of nitrogens with one attached hydrogen (secondary N) is 1. The molecule has 0 saturated heterocycles. The van der Waals surface area contributed by atoms with Crippen LogP contribution in [0.4, 0.5) is 0 Å². The summed E-state index contributed by atoms with van der Waals surface area (Å²) < 4.78 is 5.16. The van der Waals surface area contributed by atoms with E-state index in [2.05, 4.69) is 10.4 Å². The van der Waals surface area contributed by atoms with E-state index in [0.29, 0.717) is 22.2 Å². The Hall–Kier alpha value is -1.33. The molecule has 0 fully saturated rings. The first-order chi connectivity index (χ1) is 9.63. The van der Waals surface area contributed by atoms with Crippen molar-refractivity contribution in [2.45, 2.75) is 12.5 Å². The van der Waals surface area contributed by atoms with Crippen molar-refractivity contribution in [2.75, 3.05) is 7.11 Å². The summed E-state index contributed by atoms with van der Waals surface area (Å²) in [5, 5.41) is 1.07. The van der Waals surface area contributed by atoms with Crippen LogP contribution in [0.1, 0.15) is 17.2 Å². The van der Waals surface area contributed by atoms with Crippen molar-refractivity contribution < 1.29 is 4.74 Å². The van der Waals surface area contributed by atoms with Crippen molar-refractivity contribution in [3.63, 3.8) is 0 Å². The third-order valence-electron chi connectivity index (χ3n) is 3.00. The molecule has 0 spiro atoms. The monoisotopic (exact) mass is 311 g/mol. The second kappa shape index (κ2) is 6.90. The molecule has 2 aromatic rings. The van der Waals surface area contributed by atoms with Crippen LogP contribution in [-0.4, -0.2) is 12.1 Å². The predicted molar refractivity (Wildman–Crippen MR) is 81.0 cm³/mol. The Bertz CT molecular complexity index is 592. The molecule has 3 N–H and O–H groups in total. The van der Waals surface area contributed by atoms with E-state index in [0.717, 1.165) is 11.1 Å². The van der Waals surface area contributed by atoms with Gasteiger partial charge in [0, 0.05) is 6.20 Å². The van der Waals surface area contributed by atoms with E-state index in [9.17, 15) is 0 Å². The number of hydrogen-bond donors (Lipinski definition) is 2. The smallest absolute Gasteiger partial charge is 0.137 e. The van der Waals surface area contributed by atoms with Gasteiger partial charge in [0.15, 0.2) is 0 Å². The van der Waals surface area contributed by atoms with Crippen molar-refractivity contribution in [2.24, 2.45) is 5.84 Å². The molecule has 0 radical (unpaired) electrons. The largest absolute Gasteiger partial charge is 0.495 e. The SMILES string of the molecule is COc1cncc(C(Cc2ccc(Cl)c(Cl)c2)NN)c1. The van der Waals surface area contributed by atoms with Crippen molar-refractivity contribution >= 4 is 23.2 Å². The van der Waals surface area contributed by atoms with E-state index in [1.165, 1.54) is 0 Å². The molecule has 1 heterocycles. The average Bonchev–Trinajstić information content (AvgIpc) is 2.48. The van der Waals surface area contributed by atoms with Crippen LogP contribution in [0.5, 0.6) is 5.75 Å². The lowest BCUT2D eigenvalue weighted by atomic mass is 10.0. The van der Waals surface area contributed by atoms with Gasteiger partial charge in [-0.2, -0.15) is 0 Å². The number of rotatable bonds is 5. The lowest BCUT2D eigenvalue weighted by Crippen LogP contribution is -2.29. The molecule has 0 saturated carbocycles. The number of nitrogens with zero attached hydrogens (tertiary/aromatic N) is 1. The van der Waals surface area contributed by atoms with Gasteiger partial charge in [-0.15, -0.1) is 0 Å². The van der Waals surface area contributed by atoms with Gasteiger partial charge in [-0.1, -0.05) is 29.3 Å². The van der Waals surface area contributed by atoms with Crippen molar-refractivity contribution in [1.82, 2.24) is 10.4 Å². The Balaban J connectivity index is 2.21. The first kappa shape index (κ1) is 15.1. The summed E-state index contributed by atoms with van der Waals surface area (Å²) in [5.74, 6) is 6.33. The van der Waals surface area contributed by atoms with Crippen LogP contribution in [0, 0.1) is 0 Å². The molecule has 4 nitrogen and oxygen atoms in total. The molecule has 1 unspecified atom stereocenters. The van der Waals surface area contributed by atoms with Gasteiger partial charge in [0.2, 0.25) is 0 Å². The number of hydrazine groups is 1. The number of methoxy groups -OCH3 is 1. The minimum Gasteiger partial charge on any atom is -0.495 e. The van der Waals surface area contributed by atoms with Gasteiger partial charge < -0.3 is 4.74 Å². The first-order valence-electron chi connectivity index (χ1n) is 6.03. The standard InChI is InChI=1S/C14H15Cl2N3O/c1-20-11-6-10(7-18-8-11)14(19-17)5-9-2-3-12(15)13(16)4-9/h2-4,6-8,14,19H,5,17H2,1H3. The summed E-state index contributed by atoms with van der Waals surface area (Å²) in [6.07, 6.45) is 4.07. The number of halogens is 2. The molecule has 1 atom stereocenters. The maximum absolute atomic E-state index is 6.02. The van der Waals surface area contributed by atoms with E-state index in [1.54, 1.807) is 25.6 Å². The van der Waals surface area contributed by atoms with Gasteiger partial charge >= 0.3 is 0 Å². The number of ether oxygens (including phenoxy) is 1. The Morgan fingerprint density at radius 3 is 2.70 bits per heavy atom. The second-order valence-corrected chi connectivity index (χ2v) is 5.14. The van der Waals surface area contributed by atoms with Crippen LogP contribution in [0.3, 0.4) is 0 Å². The van der Waals surface area contributed by atoms with Gasteiger partial charge in [0.05, 0.1) is 29.4 Å². The molecular weight excluding hydrogens is 297 g/mol. The number of pyridine rings is 1. The normalized spacial score (nSPS) is 12.2. The first-order valence-corrected chi connectivity index (χ1v) is 6.78. The fourth-order valence-electron chi connectivity index (χ4n) is 1.91. The maximum Gasteiger partial charge on any atom is 0.137 e. The lowest BCUT2D eigenvalue weighted by Gasteiger charge is -2.17. The van der Waals surface area contributed by atoms with Gasteiger partial charge in [0.1, 0.15) is 5.75 Å². The molecule has 0 aliphatic carbocycles. The molecule has 1 aromatic heterocycles. The molecule has 6 heteroatoms. The van der Waals surface area contributed by atoms with E-state index in [4.69, 9.17) is 33.8 Å². The summed E-state index contributed by atoms with van der Waals surface area (Å²) in [5.41, 5.74) is 4.76. The summed E-state index contributed by atoms with van der Waals surface area (Å²) in [6.45, 7) is 0. The maximum atomic E-state index is 6.02. The average molecular weight is 312 g/mol. The highest BCUT2D eigenvalue weighted by Gasteiger charge is 2.13. The fraction of sp³-hybridized carbons (Fsp3) is 0.214. The van der Waals surface area contributed by atoms with Gasteiger partial charge in [-0.3, -0.25) is 16.3 Å². The molecule has 0 aliphatic rings. The van der Waals surface area contributed by atoms with Crippen molar-refractivity contribution in [3.8, 4) is 5.75 Å².